The number of nitrogens with one attached hydrogen (secondary N) is 1. The number of anilines is 1. The Morgan fingerprint density at radius 3 is 2.70 bits per heavy atom. The molecule has 0 unspecified atom stereocenters. The first kappa shape index (κ1) is 19.3. The summed E-state index contributed by atoms with van der Waals surface area (Å²) in [7, 11) is 0. The third-order valence-electron chi connectivity index (χ3n) is 5.58. The summed E-state index contributed by atoms with van der Waals surface area (Å²) in [5, 5.41) is 11.6. The lowest BCUT2D eigenvalue weighted by Crippen LogP contribution is -2.21. The second-order valence-corrected chi connectivity index (χ2v) is 10.7. The highest BCUT2D eigenvalue weighted by molar-refractivity contribution is 7.78. The fourth-order valence-corrected chi connectivity index (χ4v) is 6.92. The molecule has 0 amide bonds. The van der Waals surface area contributed by atoms with E-state index >= 15 is 0 Å². The third-order valence-corrected chi connectivity index (χ3v) is 8.35. The first-order valence-electron chi connectivity index (χ1n) is 9.54. The topological polar surface area (TPSA) is 48.4 Å². The number of aromatic nitrogens is 1. The molecule has 1 fully saturated rings. The lowest BCUT2D eigenvalue weighted by atomic mass is 9.76. The Bertz CT molecular complexity index is 862. The number of nitrogens with zero attached hydrogens (tertiary/aromatic N) is 2. The summed E-state index contributed by atoms with van der Waals surface area (Å²) in [5.41, 5.74) is 3.51. The molecule has 2 aliphatic rings. The second-order valence-electron chi connectivity index (χ2n) is 8.30. The predicted molar refractivity (Wildman–Crippen MR) is 120 cm³/mol. The van der Waals surface area contributed by atoms with Gasteiger partial charge in [-0.1, -0.05) is 44.6 Å². The molecule has 0 radical (unpaired) electrons. The van der Waals surface area contributed by atoms with Gasteiger partial charge < -0.3 is 10.0 Å². The largest absolute Gasteiger partial charge is 0.508 e. The molecule has 1 saturated heterocycles. The van der Waals surface area contributed by atoms with Crippen molar-refractivity contribution in [1.29, 1.82) is 0 Å². The molecule has 0 aromatic carbocycles. The van der Waals surface area contributed by atoms with Crippen molar-refractivity contribution >= 4 is 46.4 Å². The number of thiol groups is 1. The number of aryl methyl sites for hydroxylation is 1. The lowest BCUT2D eigenvalue weighted by Gasteiger charge is -2.29. The highest BCUT2D eigenvalue weighted by Crippen LogP contribution is 2.49. The molecule has 0 atom stereocenters. The molecule has 146 valence electrons. The molecule has 2 aromatic heterocycles. The predicted octanol–water partition coefficient (Wildman–Crippen LogP) is 5.45. The Kier molecular flexibility index (Phi) is 5.31. The molecule has 3 heterocycles. The number of fused-ring (bicyclic) bond motifs is 1. The molecule has 27 heavy (non-hydrogen) atoms. The fraction of sp³-hybridized carbons (Fsp3) is 0.550. The number of thiazole rings is 1. The van der Waals surface area contributed by atoms with Gasteiger partial charge in [0.25, 0.3) is 0 Å². The Labute approximate surface area is 174 Å². The fourth-order valence-electron chi connectivity index (χ4n) is 4.14. The Hall–Kier alpha value is -1.02. The van der Waals surface area contributed by atoms with Crippen LogP contribution in [0.1, 0.15) is 54.8 Å². The first-order chi connectivity index (χ1) is 12.9. The van der Waals surface area contributed by atoms with E-state index < -0.39 is 0 Å². The molecule has 4 rings (SSSR count). The van der Waals surface area contributed by atoms with E-state index in [9.17, 15) is 5.11 Å². The maximum atomic E-state index is 10.5. The zero-order chi connectivity index (χ0) is 19.2. The Balaban J connectivity index is 1.83. The average molecular weight is 422 g/mol. The zero-order valence-electron chi connectivity index (χ0n) is 16.0. The van der Waals surface area contributed by atoms with Crippen molar-refractivity contribution in [2.75, 3.05) is 18.0 Å². The summed E-state index contributed by atoms with van der Waals surface area (Å²) in [4.78, 5) is 11.0. The number of rotatable bonds is 5. The average Bonchev–Trinajstić information content (AvgIpc) is 3.31. The first-order valence-corrected chi connectivity index (χ1v) is 11.6. The molecule has 0 spiro atoms. The molecule has 1 aliphatic heterocycles. The molecule has 0 bridgehead atoms. The number of hydrogen-bond donors (Lipinski definition) is 3. The minimum absolute atomic E-state index is 0.182. The van der Waals surface area contributed by atoms with Crippen molar-refractivity contribution in [3.8, 4) is 9.75 Å². The van der Waals surface area contributed by atoms with Crippen molar-refractivity contribution in [3.63, 3.8) is 0 Å². The van der Waals surface area contributed by atoms with E-state index in [2.05, 4.69) is 42.9 Å². The van der Waals surface area contributed by atoms with Gasteiger partial charge in [0, 0.05) is 30.1 Å². The van der Waals surface area contributed by atoms with Crippen LogP contribution in [0.2, 0.25) is 0 Å². The minimum Gasteiger partial charge on any atom is -0.508 e. The molecule has 7 heteroatoms. The third kappa shape index (κ3) is 3.67. The van der Waals surface area contributed by atoms with Crippen LogP contribution < -0.4 is 9.62 Å². The van der Waals surface area contributed by atoms with Crippen LogP contribution in [0.25, 0.3) is 15.5 Å². The summed E-state index contributed by atoms with van der Waals surface area (Å²) in [6.07, 6.45) is 5.72. The molecule has 2 aromatic rings. The minimum atomic E-state index is 0.182. The number of hydrogen-bond acceptors (Lipinski definition) is 7. The Morgan fingerprint density at radius 2 is 2.04 bits per heavy atom. The van der Waals surface area contributed by atoms with E-state index in [1.807, 2.05) is 11.3 Å². The standard InChI is InChI=1S/C20H27N3OS3/c1-12(24)16-13-10-20(2,3)7-6-15(13)26-18(16)17-14(11-21-25)22-19(27-17)23-8-4-5-9-23/h21,24-25H,1,4-11H2,2-3H3. The highest BCUT2D eigenvalue weighted by Gasteiger charge is 2.33. The van der Waals surface area contributed by atoms with Crippen LogP contribution in [0.4, 0.5) is 5.13 Å². The maximum absolute atomic E-state index is 10.5. The normalized spacial score (nSPS) is 18.7. The van der Waals surface area contributed by atoms with E-state index in [1.165, 1.54) is 29.7 Å². The highest BCUT2D eigenvalue weighted by atomic mass is 32.1. The van der Waals surface area contributed by atoms with Gasteiger partial charge in [-0.15, -0.1) is 11.3 Å². The lowest BCUT2D eigenvalue weighted by molar-refractivity contribution is 0.317. The number of thiophene rings is 1. The molecule has 1 aliphatic carbocycles. The summed E-state index contributed by atoms with van der Waals surface area (Å²) in [5.74, 6) is 0.182. The van der Waals surface area contributed by atoms with Crippen LogP contribution in [0, 0.1) is 5.41 Å². The van der Waals surface area contributed by atoms with Crippen molar-refractivity contribution in [2.45, 2.75) is 52.5 Å². The van der Waals surface area contributed by atoms with Gasteiger partial charge >= 0.3 is 0 Å². The van der Waals surface area contributed by atoms with Crippen LogP contribution in [-0.2, 0) is 19.4 Å². The van der Waals surface area contributed by atoms with Crippen LogP contribution in [-0.4, -0.2) is 23.2 Å². The summed E-state index contributed by atoms with van der Waals surface area (Å²) in [6, 6.07) is 0. The van der Waals surface area contributed by atoms with Gasteiger partial charge in [-0.3, -0.25) is 4.72 Å². The SMILES string of the molecule is C=C(O)c1c(-c2sc(N3CCCC3)nc2CNS)sc2c1CC(C)(C)CC2. The van der Waals surface area contributed by atoms with E-state index in [0.29, 0.717) is 6.54 Å². The smallest absolute Gasteiger partial charge is 0.186 e. The van der Waals surface area contributed by atoms with E-state index in [4.69, 9.17) is 4.98 Å². The van der Waals surface area contributed by atoms with Crippen molar-refractivity contribution in [1.82, 2.24) is 9.71 Å². The maximum Gasteiger partial charge on any atom is 0.186 e. The Morgan fingerprint density at radius 1 is 1.30 bits per heavy atom. The van der Waals surface area contributed by atoms with Crippen LogP contribution in [0.5, 0.6) is 0 Å². The summed E-state index contributed by atoms with van der Waals surface area (Å²) < 4.78 is 2.96. The van der Waals surface area contributed by atoms with Gasteiger partial charge in [-0.2, -0.15) is 0 Å². The van der Waals surface area contributed by atoms with Crippen molar-refractivity contribution in [3.05, 3.63) is 28.3 Å². The molecule has 2 N–H and O–H groups in total. The van der Waals surface area contributed by atoms with E-state index in [-0.39, 0.29) is 11.2 Å². The van der Waals surface area contributed by atoms with Gasteiger partial charge in [-0.25, -0.2) is 4.98 Å². The molecular formula is C20H27N3OS3. The monoisotopic (exact) mass is 421 g/mol. The molecule has 0 saturated carbocycles. The van der Waals surface area contributed by atoms with Crippen LogP contribution in [0.3, 0.4) is 0 Å². The number of aliphatic hydroxyl groups excluding tert-OH is 1. The zero-order valence-corrected chi connectivity index (χ0v) is 18.5. The van der Waals surface area contributed by atoms with E-state index in [0.717, 1.165) is 52.1 Å². The number of aliphatic hydroxyl groups is 1. The molecule has 4 nitrogen and oxygen atoms in total. The quantitative estimate of drug-likeness (QED) is 0.444. The van der Waals surface area contributed by atoms with Crippen LogP contribution in [0.15, 0.2) is 6.58 Å². The van der Waals surface area contributed by atoms with Crippen molar-refractivity contribution in [2.24, 2.45) is 5.41 Å². The van der Waals surface area contributed by atoms with Gasteiger partial charge in [-0.05, 0) is 43.1 Å². The molecular weight excluding hydrogens is 394 g/mol. The van der Waals surface area contributed by atoms with Gasteiger partial charge in [0.15, 0.2) is 5.13 Å². The second kappa shape index (κ2) is 7.43. The van der Waals surface area contributed by atoms with Gasteiger partial charge in [0.05, 0.1) is 15.4 Å². The van der Waals surface area contributed by atoms with Gasteiger partial charge in [0.1, 0.15) is 5.76 Å². The van der Waals surface area contributed by atoms with Crippen LogP contribution >= 0.6 is 35.5 Å². The van der Waals surface area contributed by atoms with Gasteiger partial charge in [0.2, 0.25) is 0 Å². The summed E-state index contributed by atoms with van der Waals surface area (Å²) >= 11 is 7.77. The van der Waals surface area contributed by atoms with E-state index in [1.54, 1.807) is 11.3 Å². The summed E-state index contributed by atoms with van der Waals surface area (Å²) in [6.45, 7) is 11.3. The van der Waals surface area contributed by atoms with Crippen molar-refractivity contribution < 1.29 is 5.11 Å².